The molecule has 5 nitrogen and oxygen atoms in total. The van der Waals surface area contributed by atoms with Gasteiger partial charge in [-0.05, 0) is 52.6 Å². The third-order valence-electron chi connectivity index (χ3n) is 6.32. The number of pyridine rings is 2. The highest BCUT2D eigenvalue weighted by atomic mass is 32.1. The van der Waals surface area contributed by atoms with Gasteiger partial charge in [0, 0.05) is 32.0 Å². The number of hydrogen-bond donors (Lipinski definition) is 0. The highest BCUT2D eigenvalue weighted by Crippen LogP contribution is 2.31. The number of benzene rings is 2. The summed E-state index contributed by atoms with van der Waals surface area (Å²) in [4.78, 5) is 29.2. The lowest BCUT2D eigenvalue weighted by atomic mass is 9.99. The third-order valence-corrected chi connectivity index (χ3v) is 7.25. The first-order valence-electron chi connectivity index (χ1n) is 11.6. The minimum atomic E-state index is -0.140. The maximum absolute atomic E-state index is 13.8. The number of nitrogens with zero attached hydrogens (tertiary/aromatic N) is 2. The van der Waals surface area contributed by atoms with Gasteiger partial charge in [0.2, 0.25) is 0 Å². The summed E-state index contributed by atoms with van der Waals surface area (Å²) in [7, 11) is 1.63. The van der Waals surface area contributed by atoms with E-state index in [1.54, 1.807) is 40.0 Å². The molecule has 0 saturated carbocycles. The molecule has 5 rings (SSSR count). The molecule has 0 fully saturated rings. The van der Waals surface area contributed by atoms with E-state index in [2.05, 4.69) is 12.1 Å². The summed E-state index contributed by atoms with van der Waals surface area (Å²) in [5, 5.41) is 3.01. The Hall–Kier alpha value is -3.74. The van der Waals surface area contributed by atoms with Crippen LogP contribution >= 0.6 is 11.3 Å². The van der Waals surface area contributed by atoms with Crippen molar-refractivity contribution in [2.45, 2.75) is 6.92 Å². The van der Waals surface area contributed by atoms with Crippen molar-refractivity contribution in [3.8, 4) is 22.3 Å². The SMILES string of the molecule is CCN(CCOC)C(=O)c1cc(-c2ccc(-c3ccccc3)cc2)c(=O)n2ccc3ccsc3c12. The van der Waals surface area contributed by atoms with E-state index in [1.807, 2.05) is 66.9 Å². The van der Waals surface area contributed by atoms with Gasteiger partial charge in [0.1, 0.15) is 0 Å². The van der Waals surface area contributed by atoms with Gasteiger partial charge in [-0.3, -0.25) is 14.0 Å². The molecular formula is C29H26N2O3S. The number of hydrogen-bond acceptors (Lipinski definition) is 4. The van der Waals surface area contributed by atoms with Gasteiger partial charge < -0.3 is 9.64 Å². The Bertz CT molecular complexity index is 1550. The monoisotopic (exact) mass is 482 g/mol. The number of amides is 1. The summed E-state index contributed by atoms with van der Waals surface area (Å²) >= 11 is 1.54. The van der Waals surface area contributed by atoms with E-state index in [1.165, 1.54) is 0 Å². The number of thiophene rings is 1. The minimum Gasteiger partial charge on any atom is -0.383 e. The zero-order chi connectivity index (χ0) is 24.4. The number of methoxy groups -OCH3 is 1. The fourth-order valence-electron chi connectivity index (χ4n) is 4.42. The molecule has 0 aliphatic heterocycles. The molecule has 3 aromatic heterocycles. The first-order valence-corrected chi connectivity index (χ1v) is 12.5. The highest BCUT2D eigenvalue weighted by molar-refractivity contribution is 7.18. The molecule has 3 heterocycles. The molecule has 0 aliphatic carbocycles. The fraction of sp³-hybridized carbons (Fsp3) is 0.172. The second-order valence-electron chi connectivity index (χ2n) is 8.34. The second-order valence-corrected chi connectivity index (χ2v) is 9.25. The number of fused-ring (bicyclic) bond motifs is 3. The van der Waals surface area contributed by atoms with Crippen LogP contribution in [0.2, 0.25) is 0 Å². The van der Waals surface area contributed by atoms with Crippen molar-refractivity contribution in [3.05, 3.63) is 100 Å². The number of rotatable bonds is 7. The van der Waals surface area contributed by atoms with Crippen molar-refractivity contribution in [1.29, 1.82) is 0 Å². The van der Waals surface area contributed by atoms with Crippen molar-refractivity contribution >= 4 is 32.8 Å². The highest BCUT2D eigenvalue weighted by Gasteiger charge is 2.22. The Balaban J connectivity index is 1.69. The summed E-state index contributed by atoms with van der Waals surface area (Å²) in [6.45, 7) is 3.44. The minimum absolute atomic E-state index is 0.106. The Morgan fingerprint density at radius 1 is 0.971 bits per heavy atom. The summed E-state index contributed by atoms with van der Waals surface area (Å²) in [6, 6.07) is 23.8. The molecule has 1 amide bonds. The van der Waals surface area contributed by atoms with Crippen molar-refractivity contribution in [1.82, 2.24) is 9.30 Å². The first kappa shape index (κ1) is 23.0. The summed E-state index contributed by atoms with van der Waals surface area (Å²) in [5.74, 6) is -0.106. The van der Waals surface area contributed by atoms with E-state index in [-0.39, 0.29) is 11.5 Å². The van der Waals surface area contributed by atoms with Gasteiger partial charge in [0.25, 0.3) is 11.5 Å². The molecule has 6 heteroatoms. The summed E-state index contributed by atoms with van der Waals surface area (Å²) in [5.41, 5.74) is 4.52. The van der Waals surface area contributed by atoms with Crippen molar-refractivity contribution in [2.24, 2.45) is 0 Å². The zero-order valence-electron chi connectivity index (χ0n) is 19.7. The van der Waals surface area contributed by atoms with Crippen LogP contribution in [0.25, 0.3) is 37.9 Å². The van der Waals surface area contributed by atoms with Crippen LogP contribution in [-0.4, -0.2) is 42.0 Å². The number of ether oxygens (including phenoxy) is 1. The molecule has 176 valence electrons. The summed E-state index contributed by atoms with van der Waals surface area (Å²) in [6.07, 6.45) is 1.77. The van der Waals surface area contributed by atoms with Crippen LogP contribution in [0, 0.1) is 0 Å². The third kappa shape index (κ3) is 4.27. The van der Waals surface area contributed by atoms with Gasteiger partial charge in [0.15, 0.2) is 0 Å². The molecule has 0 radical (unpaired) electrons. The number of carbonyl (C=O) groups is 1. The van der Waals surface area contributed by atoms with E-state index in [0.29, 0.717) is 36.3 Å². The average Bonchev–Trinajstić information content (AvgIpc) is 3.39. The van der Waals surface area contributed by atoms with Crippen LogP contribution in [0.15, 0.2) is 89.2 Å². The predicted molar refractivity (Wildman–Crippen MR) is 143 cm³/mol. The van der Waals surface area contributed by atoms with Crippen LogP contribution < -0.4 is 5.56 Å². The lowest BCUT2D eigenvalue weighted by Gasteiger charge is -2.22. The Morgan fingerprint density at radius 3 is 2.40 bits per heavy atom. The average molecular weight is 483 g/mol. The lowest BCUT2D eigenvalue weighted by Crippen LogP contribution is -2.34. The predicted octanol–water partition coefficient (Wildman–Crippen LogP) is 5.96. The van der Waals surface area contributed by atoms with E-state index in [0.717, 1.165) is 26.8 Å². The van der Waals surface area contributed by atoms with Crippen LogP contribution in [0.1, 0.15) is 17.3 Å². The quantitative estimate of drug-likeness (QED) is 0.288. The maximum atomic E-state index is 13.8. The van der Waals surface area contributed by atoms with Crippen LogP contribution in [0.4, 0.5) is 0 Å². The van der Waals surface area contributed by atoms with Gasteiger partial charge in [0.05, 0.1) is 22.4 Å². The number of likely N-dealkylation sites (N-methyl/N-ethyl adjacent to an activating group) is 1. The molecule has 2 aromatic carbocycles. The van der Waals surface area contributed by atoms with Crippen molar-refractivity contribution in [3.63, 3.8) is 0 Å². The van der Waals surface area contributed by atoms with E-state index in [9.17, 15) is 9.59 Å². The van der Waals surface area contributed by atoms with Gasteiger partial charge in [-0.2, -0.15) is 0 Å². The van der Waals surface area contributed by atoms with Crippen molar-refractivity contribution in [2.75, 3.05) is 26.8 Å². The second kappa shape index (κ2) is 9.86. The van der Waals surface area contributed by atoms with Crippen LogP contribution in [-0.2, 0) is 4.74 Å². The molecule has 0 bridgehead atoms. The molecular weight excluding hydrogens is 456 g/mol. The van der Waals surface area contributed by atoms with Gasteiger partial charge >= 0.3 is 0 Å². The Morgan fingerprint density at radius 2 is 1.69 bits per heavy atom. The molecule has 0 atom stereocenters. The molecule has 35 heavy (non-hydrogen) atoms. The zero-order valence-corrected chi connectivity index (χ0v) is 20.5. The standard InChI is InChI=1S/C29H26N2O3S/c1-3-30(16-17-34-2)28(32)25-19-24(22-11-9-21(10-12-22)20-7-5-4-6-8-20)29(33)31-15-13-23-14-18-35-27(23)26(25)31/h4-15,18-19H,3,16-17H2,1-2H3. The van der Waals surface area contributed by atoms with Crippen LogP contribution in [0.5, 0.6) is 0 Å². The lowest BCUT2D eigenvalue weighted by molar-refractivity contribution is 0.0708. The largest absolute Gasteiger partial charge is 0.383 e. The molecule has 0 aliphatic rings. The topological polar surface area (TPSA) is 51.0 Å². The summed E-state index contributed by atoms with van der Waals surface area (Å²) < 4.78 is 7.77. The number of carbonyl (C=O) groups excluding carboxylic acids is 1. The van der Waals surface area contributed by atoms with Gasteiger partial charge in [-0.15, -0.1) is 11.3 Å². The van der Waals surface area contributed by atoms with Crippen molar-refractivity contribution < 1.29 is 9.53 Å². The molecule has 0 unspecified atom stereocenters. The fourth-order valence-corrected chi connectivity index (χ4v) is 5.37. The van der Waals surface area contributed by atoms with Gasteiger partial charge in [-0.1, -0.05) is 54.6 Å². The first-order chi connectivity index (χ1) is 17.1. The normalized spacial score (nSPS) is 11.3. The molecule has 5 aromatic rings. The smallest absolute Gasteiger partial charge is 0.263 e. The maximum Gasteiger partial charge on any atom is 0.263 e. The molecule has 0 saturated heterocycles. The molecule has 0 spiro atoms. The van der Waals surface area contributed by atoms with Crippen LogP contribution in [0.3, 0.4) is 0 Å². The van der Waals surface area contributed by atoms with Gasteiger partial charge in [-0.25, -0.2) is 0 Å². The Kier molecular flexibility index (Phi) is 6.49. The van der Waals surface area contributed by atoms with E-state index < -0.39 is 0 Å². The number of aromatic nitrogens is 1. The van der Waals surface area contributed by atoms with E-state index >= 15 is 0 Å². The van der Waals surface area contributed by atoms with E-state index in [4.69, 9.17) is 4.74 Å². The molecule has 0 N–H and O–H groups in total. The Labute approximate surface area is 207 Å².